The molecular weight excluding hydrogens is 409 g/mol. The van der Waals surface area contributed by atoms with Gasteiger partial charge in [0.25, 0.3) is 0 Å². The van der Waals surface area contributed by atoms with Crippen LogP contribution in [0.3, 0.4) is 0 Å². The van der Waals surface area contributed by atoms with Gasteiger partial charge in [-0.25, -0.2) is 0 Å². The first kappa shape index (κ1) is 25.5. The van der Waals surface area contributed by atoms with Crippen molar-refractivity contribution in [1.82, 2.24) is 4.90 Å². The molecule has 0 aliphatic rings. The Bertz CT molecular complexity index is 271. The van der Waals surface area contributed by atoms with Gasteiger partial charge in [-0.3, -0.25) is 0 Å². The minimum atomic E-state index is -2.05. The van der Waals surface area contributed by atoms with E-state index in [0.717, 1.165) is 0 Å². The molecule has 0 radical (unpaired) electrons. The Hall–Kier alpha value is 0.499. The zero-order valence-electron chi connectivity index (χ0n) is 18.4. The Morgan fingerprint density at radius 2 is 1.00 bits per heavy atom. The molecule has 0 unspecified atom stereocenters. The van der Waals surface area contributed by atoms with Crippen LogP contribution in [0.25, 0.3) is 0 Å². The molecule has 0 amide bonds. The predicted molar refractivity (Wildman–Crippen MR) is 120 cm³/mol. The molecular formula is C23H49NSn. The summed E-state index contributed by atoms with van der Waals surface area (Å²) < 4.78 is 7.67. The van der Waals surface area contributed by atoms with Crippen molar-refractivity contribution in [2.75, 3.05) is 19.6 Å². The first-order valence-corrected chi connectivity index (χ1v) is 19.3. The standard InChI is InChI=1S/C11H22N.3C4H9.Sn/c1-4-7-10-12(9-6-3)11-8-5-2;3*1-3-4-2;/h3,6H,4-5,7-11H2,1-2H3;3*1,3-4H2,2H3;. The molecule has 0 saturated carbocycles. The van der Waals surface area contributed by atoms with Crippen LogP contribution in [0.1, 0.15) is 98.8 Å². The van der Waals surface area contributed by atoms with Crippen LogP contribution >= 0.6 is 0 Å². The third-order valence-corrected chi connectivity index (χ3v) is 19.8. The maximum absolute atomic E-state index is 2.86. The van der Waals surface area contributed by atoms with Gasteiger partial charge in [0.05, 0.1) is 0 Å². The average molecular weight is 458 g/mol. The van der Waals surface area contributed by atoms with E-state index in [-0.39, 0.29) is 0 Å². The summed E-state index contributed by atoms with van der Waals surface area (Å²) in [6.07, 6.45) is 16.5. The zero-order valence-corrected chi connectivity index (χ0v) is 21.3. The van der Waals surface area contributed by atoms with E-state index in [1.54, 1.807) is 13.3 Å². The van der Waals surface area contributed by atoms with Crippen molar-refractivity contribution >= 4 is 18.4 Å². The Morgan fingerprint density at radius 1 is 0.600 bits per heavy atom. The van der Waals surface area contributed by atoms with E-state index in [2.05, 4.69) is 49.7 Å². The Balaban J connectivity index is 4.89. The van der Waals surface area contributed by atoms with Crippen molar-refractivity contribution in [3.8, 4) is 0 Å². The fraction of sp³-hybridized carbons (Fsp3) is 0.913. The van der Waals surface area contributed by atoms with Crippen molar-refractivity contribution in [3.05, 3.63) is 10.2 Å². The van der Waals surface area contributed by atoms with Gasteiger partial charge in [-0.15, -0.1) is 0 Å². The summed E-state index contributed by atoms with van der Waals surface area (Å²) in [5.74, 6) is 0. The number of hydrogen-bond donors (Lipinski definition) is 0. The molecule has 0 heterocycles. The number of nitrogens with zero attached hydrogens (tertiary/aromatic N) is 1. The molecule has 0 spiro atoms. The summed E-state index contributed by atoms with van der Waals surface area (Å²) in [6, 6.07) is 0. The molecule has 0 N–H and O–H groups in total. The molecule has 25 heavy (non-hydrogen) atoms. The van der Waals surface area contributed by atoms with Gasteiger partial charge >= 0.3 is 165 Å². The number of unbranched alkanes of at least 4 members (excludes halogenated alkanes) is 5. The van der Waals surface area contributed by atoms with Gasteiger partial charge in [-0.2, -0.15) is 0 Å². The molecule has 0 aromatic carbocycles. The van der Waals surface area contributed by atoms with Crippen LogP contribution in [0, 0.1) is 0 Å². The Kier molecular flexibility index (Phi) is 18.2. The van der Waals surface area contributed by atoms with Crippen molar-refractivity contribution in [3.63, 3.8) is 0 Å². The molecule has 150 valence electrons. The summed E-state index contributed by atoms with van der Waals surface area (Å²) in [4.78, 5) is 2.71. The third-order valence-electron chi connectivity index (χ3n) is 5.58. The van der Waals surface area contributed by atoms with E-state index in [9.17, 15) is 0 Å². The summed E-state index contributed by atoms with van der Waals surface area (Å²) in [7, 11) is 0. The second kappa shape index (κ2) is 17.9. The zero-order chi connectivity index (χ0) is 18.8. The molecule has 0 rings (SSSR count). The van der Waals surface area contributed by atoms with Crippen LogP contribution in [0.2, 0.25) is 13.3 Å². The molecule has 2 heteroatoms. The predicted octanol–water partition coefficient (Wildman–Crippen LogP) is 7.83. The van der Waals surface area contributed by atoms with Gasteiger partial charge in [-0.1, -0.05) is 0 Å². The van der Waals surface area contributed by atoms with E-state index < -0.39 is 18.4 Å². The molecule has 0 aromatic heterocycles. The van der Waals surface area contributed by atoms with E-state index >= 15 is 0 Å². The molecule has 0 aromatic rings. The fourth-order valence-corrected chi connectivity index (χ4v) is 18.1. The van der Waals surface area contributed by atoms with E-state index in [4.69, 9.17) is 0 Å². The van der Waals surface area contributed by atoms with Gasteiger partial charge < -0.3 is 0 Å². The summed E-state index contributed by atoms with van der Waals surface area (Å²) in [5.41, 5.74) is 0. The van der Waals surface area contributed by atoms with Gasteiger partial charge in [0, 0.05) is 0 Å². The maximum atomic E-state index is 2.86. The summed E-state index contributed by atoms with van der Waals surface area (Å²) >= 11 is -2.05. The van der Waals surface area contributed by atoms with E-state index in [0.29, 0.717) is 0 Å². The molecule has 0 bridgehead atoms. The van der Waals surface area contributed by atoms with Crippen molar-refractivity contribution < 1.29 is 0 Å². The van der Waals surface area contributed by atoms with Gasteiger partial charge in [0.15, 0.2) is 0 Å². The summed E-state index contributed by atoms with van der Waals surface area (Å²) in [5, 5.41) is 0. The second-order valence-corrected chi connectivity index (χ2v) is 21.1. The average Bonchev–Trinajstić information content (AvgIpc) is 2.64. The monoisotopic (exact) mass is 459 g/mol. The van der Waals surface area contributed by atoms with Crippen molar-refractivity contribution in [2.45, 2.75) is 112 Å². The normalized spacial score (nSPS) is 12.6. The third kappa shape index (κ3) is 13.3. The van der Waals surface area contributed by atoms with Crippen LogP contribution in [0.5, 0.6) is 0 Å². The van der Waals surface area contributed by atoms with Gasteiger partial charge in [0.2, 0.25) is 0 Å². The van der Waals surface area contributed by atoms with E-state index in [1.165, 1.54) is 83.8 Å². The van der Waals surface area contributed by atoms with Crippen LogP contribution < -0.4 is 0 Å². The van der Waals surface area contributed by atoms with Crippen LogP contribution in [-0.2, 0) is 0 Å². The van der Waals surface area contributed by atoms with Crippen LogP contribution in [0.15, 0.2) is 10.2 Å². The number of hydrogen-bond acceptors (Lipinski definition) is 1. The minimum absolute atomic E-state index is 1.21. The van der Waals surface area contributed by atoms with E-state index in [1.807, 2.05) is 0 Å². The topological polar surface area (TPSA) is 3.24 Å². The Labute approximate surface area is 164 Å². The first-order valence-electron chi connectivity index (χ1n) is 11.6. The molecule has 0 aliphatic carbocycles. The molecule has 0 atom stereocenters. The van der Waals surface area contributed by atoms with Crippen molar-refractivity contribution in [1.29, 1.82) is 0 Å². The SMILES string of the molecule is CCCCN(C/C=[CH]/[Sn]([CH2]CCC)([CH2]CCC)[CH2]CCC)CCCC. The molecule has 0 aliphatic heterocycles. The van der Waals surface area contributed by atoms with Gasteiger partial charge in [-0.05, 0) is 0 Å². The quantitative estimate of drug-likeness (QED) is 0.189. The molecule has 0 fully saturated rings. The second-order valence-electron chi connectivity index (χ2n) is 8.08. The van der Waals surface area contributed by atoms with Crippen LogP contribution in [-0.4, -0.2) is 42.9 Å². The van der Waals surface area contributed by atoms with Crippen LogP contribution in [0.4, 0.5) is 0 Å². The summed E-state index contributed by atoms with van der Waals surface area (Å²) in [6.45, 7) is 15.5. The first-order chi connectivity index (χ1) is 12.2. The molecule has 0 saturated heterocycles. The van der Waals surface area contributed by atoms with Crippen molar-refractivity contribution in [2.24, 2.45) is 0 Å². The Morgan fingerprint density at radius 3 is 1.36 bits per heavy atom. The molecule has 1 nitrogen and oxygen atoms in total. The number of rotatable bonds is 18. The van der Waals surface area contributed by atoms with Gasteiger partial charge in [0.1, 0.15) is 0 Å². The fourth-order valence-electron chi connectivity index (χ4n) is 3.72.